The van der Waals surface area contributed by atoms with Gasteiger partial charge in [0.2, 0.25) is 0 Å². The normalized spacial score (nSPS) is 12.1. The highest BCUT2D eigenvalue weighted by atomic mass is 127. The number of hydrogen-bond acceptors (Lipinski definition) is 7. The van der Waals surface area contributed by atoms with Gasteiger partial charge in [-0.15, -0.1) is 0 Å². The van der Waals surface area contributed by atoms with Crippen molar-refractivity contribution in [1.82, 2.24) is 24.4 Å². The topological polar surface area (TPSA) is 116 Å². The molecular formula is C22H28I2N6O4P2. The summed E-state index contributed by atoms with van der Waals surface area (Å²) in [5.41, 5.74) is 2.62. The van der Waals surface area contributed by atoms with Crippen LogP contribution in [0.25, 0.3) is 22.0 Å². The predicted molar refractivity (Wildman–Crippen MR) is 161 cm³/mol. The third-order valence-corrected chi connectivity index (χ3v) is 8.62. The molecule has 0 aliphatic heterocycles. The van der Waals surface area contributed by atoms with Crippen molar-refractivity contribution < 1.29 is 19.0 Å². The van der Waals surface area contributed by atoms with Crippen LogP contribution in [-0.2, 0) is 9.47 Å². The van der Waals surface area contributed by atoms with Crippen LogP contribution in [0, 0.1) is 11.3 Å². The lowest BCUT2D eigenvalue weighted by Gasteiger charge is -2.19. The van der Waals surface area contributed by atoms with Crippen LogP contribution >= 0.6 is 56.8 Å². The van der Waals surface area contributed by atoms with Crippen molar-refractivity contribution in [3.8, 4) is 22.9 Å². The minimum absolute atomic E-state index is 0.340. The largest absolute Gasteiger partial charge is 0.490 e. The van der Waals surface area contributed by atoms with E-state index in [4.69, 9.17) is 14.2 Å². The van der Waals surface area contributed by atoms with Gasteiger partial charge in [-0.05, 0) is 95.4 Å². The number of nitriles is 1. The average molecular weight is 756 g/mol. The van der Waals surface area contributed by atoms with Gasteiger partial charge in [0, 0.05) is 18.7 Å². The van der Waals surface area contributed by atoms with Gasteiger partial charge in [-0.1, -0.05) is 0 Å². The molecule has 2 heterocycles. The summed E-state index contributed by atoms with van der Waals surface area (Å²) in [6, 6.07) is 6.23. The molecule has 0 spiro atoms. The highest BCUT2D eigenvalue weighted by molar-refractivity contribution is 14.2. The van der Waals surface area contributed by atoms with Crippen LogP contribution in [0.1, 0.15) is 39.3 Å². The van der Waals surface area contributed by atoms with E-state index in [-0.39, 0.29) is 0 Å². The van der Waals surface area contributed by atoms with Crippen molar-refractivity contribution in [2.75, 3.05) is 26.4 Å². The number of ether oxygens (including phenoxy) is 3. The molecule has 1 amide bonds. The SMILES string of the molecule is CC(C)(C)OC(=O)NCCCCOCCOc1cc(-c2cnn(PI)c2C#N)cc2c1cnn2PI. The fourth-order valence-corrected chi connectivity index (χ4v) is 6.30. The molecule has 1 N–H and O–H groups in total. The molecule has 3 rings (SSSR count). The zero-order chi connectivity index (χ0) is 26.1. The van der Waals surface area contributed by atoms with Crippen molar-refractivity contribution in [3.63, 3.8) is 0 Å². The Kier molecular flexibility index (Phi) is 11.4. The third-order valence-electron chi connectivity index (χ3n) is 4.87. The first kappa shape index (κ1) is 29.3. The number of nitrogens with zero attached hydrogens (tertiary/aromatic N) is 5. The molecular weight excluding hydrogens is 728 g/mol. The number of unbranched alkanes of at least 4 members (excludes halogenated alkanes) is 1. The molecule has 0 saturated carbocycles. The summed E-state index contributed by atoms with van der Waals surface area (Å²) >= 11 is 4.50. The number of benzene rings is 1. The number of amides is 1. The number of rotatable bonds is 12. The number of aromatic nitrogens is 4. The Bertz CT molecular complexity index is 1220. The molecule has 14 heteroatoms. The number of nitrogens with one attached hydrogen (secondary N) is 1. The van der Waals surface area contributed by atoms with E-state index in [1.807, 2.05) is 37.4 Å². The van der Waals surface area contributed by atoms with Crippen LogP contribution in [0.15, 0.2) is 24.5 Å². The fraction of sp³-hybridized carbons (Fsp3) is 0.455. The first-order valence-electron chi connectivity index (χ1n) is 11.2. The molecule has 1 aromatic carbocycles. The van der Waals surface area contributed by atoms with Gasteiger partial charge in [-0.3, -0.25) is 0 Å². The summed E-state index contributed by atoms with van der Waals surface area (Å²) in [6.07, 6.45) is 5.52. The van der Waals surface area contributed by atoms with E-state index >= 15 is 0 Å². The Balaban J connectivity index is 1.54. The molecule has 194 valence electrons. The molecule has 0 aliphatic rings. The van der Waals surface area contributed by atoms with Gasteiger partial charge in [0.15, 0.2) is 5.69 Å². The van der Waals surface area contributed by atoms with Gasteiger partial charge in [0.1, 0.15) is 24.0 Å². The summed E-state index contributed by atoms with van der Waals surface area (Å²) in [5.74, 6) is 0.696. The lowest BCUT2D eigenvalue weighted by atomic mass is 10.0. The van der Waals surface area contributed by atoms with Crippen molar-refractivity contribution in [2.24, 2.45) is 0 Å². The molecule has 2 aromatic heterocycles. The molecule has 36 heavy (non-hydrogen) atoms. The van der Waals surface area contributed by atoms with Gasteiger partial charge < -0.3 is 19.5 Å². The van der Waals surface area contributed by atoms with E-state index in [9.17, 15) is 10.1 Å². The molecule has 0 fully saturated rings. The minimum Gasteiger partial charge on any atom is -0.490 e. The molecule has 0 aliphatic carbocycles. The second kappa shape index (κ2) is 14.0. The van der Waals surface area contributed by atoms with Gasteiger partial charge >= 0.3 is 6.09 Å². The van der Waals surface area contributed by atoms with E-state index in [2.05, 4.69) is 65.7 Å². The van der Waals surface area contributed by atoms with E-state index < -0.39 is 11.7 Å². The lowest BCUT2D eigenvalue weighted by Crippen LogP contribution is -2.33. The maximum absolute atomic E-state index is 11.6. The zero-order valence-corrected chi connectivity index (χ0v) is 26.5. The van der Waals surface area contributed by atoms with E-state index in [1.165, 1.54) is 0 Å². The van der Waals surface area contributed by atoms with E-state index in [1.54, 1.807) is 16.8 Å². The highest BCUT2D eigenvalue weighted by Crippen LogP contribution is 2.38. The smallest absolute Gasteiger partial charge is 0.407 e. The van der Waals surface area contributed by atoms with Gasteiger partial charge in [0.05, 0.1) is 42.7 Å². The van der Waals surface area contributed by atoms with E-state index in [0.29, 0.717) is 50.6 Å². The van der Waals surface area contributed by atoms with Crippen LogP contribution in [0.2, 0.25) is 0 Å². The molecule has 0 bridgehead atoms. The molecule has 0 radical (unpaired) electrons. The van der Waals surface area contributed by atoms with Crippen LogP contribution < -0.4 is 10.1 Å². The zero-order valence-electron chi connectivity index (χ0n) is 20.2. The van der Waals surface area contributed by atoms with Crippen LogP contribution in [0.4, 0.5) is 4.79 Å². The fourth-order valence-electron chi connectivity index (χ4n) is 3.31. The second-order valence-electron chi connectivity index (χ2n) is 8.66. The average Bonchev–Trinajstić information content (AvgIpc) is 3.45. The van der Waals surface area contributed by atoms with Crippen molar-refractivity contribution in [3.05, 3.63) is 30.2 Å². The standard InChI is InChI=1S/C22H28I2N6O4P2/c1-22(2,3)34-21(31)26-6-4-5-7-32-8-9-33-20-11-15(10-18-17(20)14-28-29(18)35-23)16-13-27-30(36-24)19(16)12-25/h10-11,13-14,35-36H,4-9H2,1-3H3,(H,26,31). The van der Waals surface area contributed by atoms with Crippen molar-refractivity contribution in [1.29, 1.82) is 5.26 Å². The predicted octanol–water partition coefficient (Wildman–Crippen LogP) is 6.05. The second-order valence-corrected chi connectivity index (χ2v) is 12.7. The number of fused-ring (bicyclic) bond motifs is 1. The number of alkyl carbamates (subject to hydrolysis) is 1. The Hall–Kier alpha value is -1.26. The Morgan fingerprint density at radius 2 is 1.86 bits per heavy atom. The number of carbonyl (C=O) groups excluding carboxylic acids is 1. The minimum atomic E-state index is -0.497. The Morgan fingerprint density at radius 3 is 2.56 bits per heavy atom. The molecule has 2 unspecified atom stereocenters. The number of halogens is 2. The summed E-state index contributed by atoms with van der Waals surface area (Å²) < 4.78 is 20.6. The lowest BCUT2D eigenvalue weighted by molar-refractivity contribution is 0.0523. The maximum Gasteiger partial charge on any atom is 0.407 e. The monoisotopic (exact) mass is 756 g/mol. The summed E-state index contributed by atoms with van der Waals surface area (Å²) in [5, 5.41) is 22.2. The van der Waals surface area contributed by atoms with Gasteiger partial charge in [-0.25, -0.2) is 13.7 Å². The Morgan fingerprint density at radius 1 is 1.11 bits per heavy atom. The van der Waals surface area contributed by atoms with E-state index in [0.717, 1.165) is 34.9 Å². The van der Waals surface area contributed by atoms with Crippen LogP contribution in [-0.4, -0.2) is 57.2 Å². The summed E-state index contributed by atoms with van der Waals surface area (Å²) in [7, 11) is 0. The first-order valence-corrected chi connectivity index (χ1v) is 19.3. The maximum atomic E-state index is 11.6. The van der Waals surface area contributed by atoms with Crippen molar-refractivity contribution >= 4 is 73.8 Å². The summed E-state index contributed by atoms with van der Waals surface area (Å²) in [6.45, 7) is 7.44. The number of carbonyl (C=O) groups is 1. The molecule has 3 aromatic rings. The molecule has 10 nitrogen and oxygen atoms in total. The third kappa shape index (κ3) is 8.12. The summed E-state index contributed by atoms with van der Waals surface area (Å²) in [4.78, 5) is 11.6. The number of hydrogen-bond donors (Lipinski definition) is 1. The Labute approximate surface area is 239 Å². The first-order chi connectivity index (χ1) is 17.3. The van der Waals surface area contributed by atoms with Crippen LogP contribution in [0.3, 0.4) is 0 Å². The van der Waals surface area contributed by atoms with Gasteiger partial charge in [0.25, 0.3) is 0 Å². The van der Waals surface area contributed by atoms with Crippen LogP contribution in [0.5, 0.6) is 5.75 Å². The molecule has 2 atom stereocenters. The quantitative estimate of drug-likeness (QED) is 0.136. The molecule has 0 saturated heterocycles. The van der Waals surface area contributed by atoms with Gasteiger partial charge in [-0.2, -0.15) is 15.5 Å². The highest BCUT2D eigenvalue weighted by Gasteiger charge is 2.17. The van der Waals surface area contributed by atoms with Crippen molar-refractivity contribution in [2.45, 2.75) is 39.2 Å².